The highest BCUT2D eigenvalue weighted by Crippen LogP contribution is 2.45. The van der Waals surface area contributed by atoms with E-state index in [1.807, 2.05) is 18.0 Å². The maximum atomic E-state index is 10.8. The number of hydrogen-bond donors (Lipinski definition) is 1. The molecule has 0 bridgehead atoms. The number of hydrogen-bond acceptors (Lipinski definition) is 3. The molecular formula is C21H26ClNO3. The molecule has 4 nitrogen and oxygen atoms in total. The summed E-state index contributed by atoms with van der Waals surface area (Å²) in [5, 5.41) is 8.91. The first-order chi connectivity index (χ1) is 12.0. The molecule has 0 saturated heterocycles. The van der Waals surface area contributed by atoms with Crippen LogP contribution in [-0.4, -0.2) is 36.1 Å². The number of aliphatic carboxylic acids is 1. The van der Waals surface area contributed by atoms with Crippen LogP contribution < -0.4 is 0 Å². The highest BCUT2D eigenvalue weighted by atomic mass is 35.5. The number of benzene rings is 2. The van der Waals surface area contributed by atoms with E-state index in [2.05, 4.69) is 49.4 Å². The Balaban J connectivity index is 0.00000243. The zero-order valence-corrected chi connectivity index (χ0v) is 16.1. The van der Waals surface area contributed by atoms with Gasteiger partial charge in [-0.1, -0.05) is 54.1 Å². The Bertz CT molecular complexity index is 747. The van der Waals surface area contributed by atoms with Crippen LogP contribution in [-0.2, 0) is 21.7 Å². The van der Waals surface area contributed by atoms with Gasteiger partial charge in [0.05, 0.1) is 13.2 Å². The largest absolute Gasteiger partial charge is 0.480 e. The van der Waals surface area contributed by atoms with Gasteiger partial charge < -0.3 is 9.84 Å². The fourth-order valence-electron chi connectivity index (χ4n) is 3.64. The number of rotatable bonds is 7. The molecule has 1 aliphatic rings. The normalized spacial score (nSPS) is 18.4. The molecule has 0 fully saturated rings. The van der Waals surface area contributed by atoms with Gasteiger partial charge in [-0.25, -0.2) is 0 Å². The number of ether oxygens (including phenoxy) is 1. The van der Waals surface area contributed by atoms with Gasteiger partial charge in [0.15, 0.2) is 0 Å². The first kappa shape index (κ1) is 20.4. The number of nitrogens with zero attached hydrogens (tertiary/aromatic N) is 1. The van der Waals surface area contributed by atoms with Crippen LogP contribution in [0.3, 0.4) is 0 Å². The van der Waals surface area contributed by atoms with Crippen LogP contribution in [0.5, 0.6) is 0 Å². The van der Waals surface area contributed by atoms with Crippen molar-refractivity contribution >= 4 is 18.4 Å². The van der Waals surface area contributed by atoms with Gasteiger partial charge in [0.2, 0.25) is 0 Å². The van der Waals surface area contributed by atoms with Gasteiger partial charge in [0, 0.05) is 0 Å². The van der Waals surface area contributed by atoms with Gasteiger partial charge >= 0.3 is 5.97 Å². The molecule has 1 aliphatic heterocycles. The van der Waals surface area contributed by atoms with Gasteiger partial charge in [-0.05, 0) is 50.0 Å². The Kier molecular flexibility index (Phi) is 6.81. The summed E-state index contributed by atoms with van der Waals surface area (Å²) in [4.78, 5) is 12.7. The molecule has 0 saturated carbocycles. The topological polar surface area (TPSA) is 49.8 Å². The Hall–Kier alpha value is -1.88. The molecule has 1 atom stereocenters. The second-order valence-electron chi connectivity index (χ2n) is 6.87. The fraction of sp³-hybridized carbons (Fsp3) is 0.381. The number of fused-ring (bicyclic) bond motifs is 1. The minimum absolute atomic E-state index is 0. The molecule has 1 unspecified atom stereocenters. The van der Waals surface area contributed by atoms with Crippen LogP contribution >= 0.6 is 12.4 Å². The van der Waals surface area contributed by atoms with E-state index in [4.69, 9.17) is 9.84 Å². The second kappa shape index (κ2) is 8.67. The average molecular weight is 376 g/mol. The molecule has 140 valence electrons. The van der Waals surface area contributed by atoms with Crippen LogP contribution in [0.25, 0.3) is 0 Å². The van der Waals surface area contributed by atoms with Crippen molar-refractivity contribution in [3.63, 3.8) is 0 Å². The smallest absolute Gasteiger partial charge is 0.317 e. The Morgan fingerprint density at radius 2 is 1.88 bits per heavy atom. The van der Waals surface area contributed by atoms with Crippen molar-refractivity contribution < 1.29 is 14.6 Å². The first-order valence-corrected chi connectivity index (χ1v) is 8.71. The summed E-state index contributed by atoms with van der Waals surface area (Å²) >= 11 is 0. The number of halogens is 1. The van der Waals surface area contributed by atoms with Crippen LogP contribution in [0.1, 0.15) is 35.1 Å². The lowest BCUT2D eigenvalue weighted by Gasteiger charge is -2.31. The molecule has 1 heterocycles. The van der Waals surface area contributed by atoms with E-state index in [9.17, 15) is 4.79 Å². The molecule has 2 aromatic rings. The van der Waals surface area contributed by atoms with Gasteiger partial charge in [-0.15, -0.1) is 12.4 Å². The number of carboxylic acid groups (broad SMARTS) is 1. The molecule has 2 aromatic carbocycles. The fourth-order valence-corrected chi connectivity index (χ4v) is 3.64. The van der Waals surface area contributed by atoms with Crippen molar-refractivity contribution in [1.82, 2.24) is 4.90 Å². The molecule has 0 amide bonds. The first-order valence-electron chi connectivity index (χ1n) is 8.71. The summed E-state index contributed by atoms with van der Waals surface area (Å²) in [5.41, 5.74) is 4.44. The Morgan fingerprint density at radius 1 is 1.19 bits per heavy atom. The molecule has 26 heavy (non-hydrogen) atoms. The predicted molar refractivity (Wildman–Crippen MR) is 105 cm³/mol. The Labute approximate surface area is 161 Å². The van der Waals surface area contributed by atoms with Gasteiger partial charge in [0.1, 0.15) is 5.60 Å². The standard InChI is InChI=1S/C21H25NO3.ClH/c1-16-8-10-18(11-9-16)21(12-5-13-22(2)14-20(23)24)19-7-4-3-6-17(19)15-25-21;/h3-4,6-11H,5,12-15H2,1-2H3,(H,23,24);1H. The van der Waals surface area contributed by atoms with Crippen molar-refractivity contribution in [2.75, 3.05) is 20.1 Å². The van der Waals surface area contributed by atoms with Crippen LogP contribution in [0.15, 0.2) is 48.5 Å². The summed E-state index contributed by atoms with van der Waals surface area (Å²) in [6.45, 7) is 3.50. The van der Waals surface area contributed by atoms with Crippen molar-refractivity contribution in [3.05, 3.63) is 70.8 Å². The van der Waals surface area contributed by atoms with Crippen molar-refractivity contribution in [3.8, 4) is 0 Å². The molecular weight excluding hydrogens is 350 g/mol. The molecule has 1 N–H and O–H groups in total. The second-order valence-corrected chi connectivity index (χ2v) is 6.87. The number of aryl methyl sites for hydroxylation is 1. The molecule has 3 rings (SSSR count). The van der Waals surface area contributed by atoms with Gasteiger partial charge in [0.25, 0.3) is 0 Å². The van der Waals surface area contributed by atoms with Crippen LogP contribution in [0.2, 0.25) is 0 Å². The summed E-state index contributed by atoms with van der Waals surface area (Å²) in [5.74, 6) is -0.793. The molecule has 0 spiro atoms. The Morgan fingerprint density at radius 3 is 2.58 bits per heavy atom. The quantitative estimate of drug-likeness (QED) is 0.795. The number of likely N-dealkylation sites (N-methyl/N-ethyl adjacent to an activating group) is 1. The molecule has 5 heteroatoms. The minimum atomic E-state index is -0.793. The van der Waals surface area contributed by atoms with E-state index in [0.717, 1.165) is 19.4 Å². The molecule has 0 radical (unpaired) electrons. The minimum Gasteiger partial charge on any atom is -0.480 e. The van der Waals surface area contributed by atoms with Crippen molar-refractivity contribution in [2.45, 2.75) is 32.0 Å². The van der Waals surface area contributed by atoms with Crippen LogP contribution in [0.4, 0.5) is 0 Å². The lowest BCUT2D eigenvalue weighted by molar-refractivity contribution is -0.138. The predicted octanol–water partition coefficient (Wildman–Crippen LogP) is 3.99. The number of carbonyl (C=O) groups is 1. The highest BCUT2D eigenvalue weighted by molar-refractivity contribution is 5.85. The zero-order chi connectivity index (χ0) is 17.9. The lowest BCUT2D eigenvalue weighted by Crippen LogP contribution is -2.31. The third-order valence-electron chi connectivity index (χ3n) is 4.92. The SMILES string of the molecule is Cc1ccc(C2(CCCN(C)CC(=O)O)OCc3ccccc32)cc1.Cl. The summed E-state index contributed by atoms with van der Waals surface area (Å²) in [7, 11) is 1.84. The third kappa shape index (κ3) is 4.26. The van der Waals surface area contributed by atoms with Crippen molar-refractivity contribution in [2.24, 2.45) is 0 Å². The molecule has 0 aliphatic carbocycles. The van der Waals surface area contributed by atoms with E-state index in [-0.39, 0.29) is 19.0 Å². The summed E-state index contributed by atoms with van der Waals surface area (Å²) in [6.07, 6.45) is 1.70. The lowest BCUT2D eigenvalue weighted by atomic mass is 9.82. The van der Waals surface area contributed by atoms with Gasteiger partial charge in [-0.3, -0.25) is 9.69 Å². The van der Waals surface area contributed by atoms with E-state index >= 15 is 0 Å². The highest BCUT2D eigenvalue weighted by Gasteiger charge is 2.41. The zero-order valence-electron chi connectivity index (χ0n) is 15.3. The van der Waals surface area contributed by atoms with E-state index in [0.29, 0.717) is 6.61 Å². The van der Waals surface area contributed by atoms with E-state index in [1.165, 1.54) is 22.3 Å². The maximum Gasteiger partial charge on any atom is 0.317 e. The van der Waals surface area contributed by atoms with E-state index < -0.39 is 11.6 Å². The molecule has 0 aromatic heterocycles. The maximum absolute atomic E-state index is 10.8. The number of carboxylic acids is 1. The monoisotopic (exact) mass is 375 g/mol. The average Bonchev–Trinajstić information content (AvgIpc) is 2.95. The summed E-state index contributed by atoms with van der Waals surface area (Å²) < 4.78 is 6.37. The van der Waals surface area contributed by atoms with Gasteiger partial charge in [-0.2, -0.15) is 0 Å². The van der Waals surface area contributed by atoms with E-state index in [1.54, 1.807) is 0 Å². The van der Waals surface area contributed by atoms with Crippen LogP contribution in [0, 0.1) is 6.92 Å². The third-order valence-corrected chi connectivity index (χ3v) is 4.92. The summed E-state index contributed by atoms with van der Waals surface area (Å²) in [6, 6.07) is 16.9. The van der Waals surface area contributed by atoms with Crippen molar-refractivity contribution in [1.29, 1.82) is 0 Å².